The average Bonchev–Trinajstić information content (AvgIpc) is 2.38. The average molecular weight is 288 g/mol. The standard InChI is InChI=1S/C10H9F3N4O.C2H6/c1-4-15-8-6(9(18)16-4)2-5(3-14)7(17-8)10(11,12)13;1-2/h2H,3,14H2,1H3,(H,15,16,17,18);1-2H3. The molecule has 2 aromatic rings. The van der Waals surface area contributed by atoms with E-state index in [4.69, 9.17) is 5.73 Å². The number of aryl methyl sites for hydroxylation is 1. The highest BCUT2D eigenvalue weighted by atomic mass is 19.4. The lowest BCUT2D eigenvalue weighted by Gasteiger charge is -2.11. The summed E-state index contributed by atoms with van der Waals surface area (Å²) in [7, 11) is 0. The summed E-state index contributed by atoms with van der Waals surface area (Å²) < 4.78 is 38.2. The number of fused-ring (bicyclic) bond motifs is 1. The van der Waals surface area contributed by atoms with E-state index in [0.29, 0.717) is 0 Å². The molecule has 0 amide bonds. The van der Waals surface area contributed by atoms with Crippen LogP contribution in [0.5, 0.6) is 0 Å². The molecule has 0 saturated carbocycles. The molecule has 0 spiro atoms. The third-order valence-corrected chi connectivity index (χ3v) is 2.38. The molecule has 0 saturated heterocycles. The number of aromatic nitrogens is 3. The van der Waals surface area contributed by atoms with E-state index in [1.165, 1.54) is 6.92 Å². The number of nitrogens with zero attached hydrogens (tertiary/aromatic N) is 2. The smallest absolute Gasteiger partial charge is 0.326 e. The van der Waals surface area contributed by atoms with Gasteiger partial charge in [-0.3, -0.25) is 4.79 Å². The molecule has 0 aliphatic rings. The van der Waals surface area contributed by atoms with Gasteiger partial charge in [-0.05, 0) is 18.6 Å². The van der Waals surface area contributed by atoms with Gasteiger partial charge < -0.3 is 10.7 Å². The molecular weight excluding hydrogens is 273 g/mol. The third kappa shape index (κ3) is 3.13. The molecule has 110 valence electrons. The Morgan fingerprint density at radius 1 is 1.30 bits per heavy atom. The molecule has 3 N–H and O–H groups in total. The highest BCUT2D eigenvalue weighted by molar-refractivity contribution is 5.74. The second-order valence-corrected chi connectivity index (χ2v) is 3.72. The number of pyridine rings is 1. The SMILES string of the molecule is CC.Cc1nc2nc(C(F)(F)F)c(CN)cc2c(=O)[nH]1. The van der Waals surface area contributed by atoms with E-state index in [2.05, 4.69) is 15.0 Å². The first-order valence-corrected chi connectivity index (χ1v) is 6.00. The maximum absolute atomic E-state index is 12.7. The Hall–Kier alpha value is -1.96. The van der Waals surface area contributed by atoms with E-state index >= 15 is 0 Å². The zero-order valence-corrected chi connectivity index (χ0v) is 11.3. The molecule has 0 atom stereocenters. The predicted octanol–water partition coefficient (Wildman–Crippen LogP) is 2.13. The van der Waals surface area contributed by atoms with Crippen LogP contribution in [0.15, 0.2) is 10.9 Å². The number of hydrogen-bond acceptors (Lipinski definition) is 4. The van der Waals surface area contributed by atoms with Crippen molar-refractivity contribution in [2.24, 2.45) is 5.73 Å². The van der Waals surface area contributed by atoms with E-state index in [-0.39, 0.29) is 29.0 Å². The predicted molar refractivity (Wildman–Crippen MR) is 69.1 cm³/mol. The fourth-order valence-electron chi connectivity index (χ4n) is 1.62. The van der Waals surface area contributed by atoms with Gasteiger partial charge in [-0.2, -0.15) is 13.2 Å². The molecular formula is C12H15F3N4O. The number of aromatic amines is 1. The fraction of sp³-hybridized carbons (Fsp3) is 0.417. The lowest BCUT2D eigenvalue weighted by atomic mass is 10.1. The Kier molecular flexibility index (Phi) is 4.83. The molecule has 20 heavy (non-hydrogen) atoms. The summed E-state index contributed by atoms with van der Waals surface area (Å²) in [5.74, 6) is 0.202. The molecule has 0 fully saturated rings. The van der Waals surface area contributed by atoms with Gasteiger partial charge in [0.25, 0.3) is 5.56 Å². The molecule has 2 aromatic heterocycles. The molecule has 8 heteroatoms. The molecule has 0 unspecified atom stereocenters. The number of hydrogen-bond donors (Lipinski definition) is 2. The zero-order valence-electron chi connectivity index (χ0n) is 11.3. The van der Waals surface area contributed by atoms with Crippen LogP contribution in [-0.4, -0.2) is 15.0 Å². The number of H-pyrrole nitrogens is 1. The number of alkyl halides is 3. The van der Waals surface area contributed by atoms with Crippen LogP contribution >= 0.6 is 0 Å². The van der Waals surface area contributed by atoms with E-state index in [1.54, 1.807) is 0 Å². The molecule has 0 bridgehead atoms. The second kappa shape index (κ2) is 6.00. The quantitative estimate of drug-likeness (QED) is 0.842. The van der Waals surface area contributed by atoms with Crippen LogP contribution in [-0.2, 0) is 12.7 Å². The Morgan fingerprint density at radius 3 is 2.40 bits per heavy atom. The van der Waals surface area contributed by atoms with Crippen LogP contribution < -0.4 is 11.3 Å². The Labute approximate surface area is 113 Å². The zero-order chi connectivity index (χ0) is 15.5. The molecule has 5 nitrogen and oxygen atoms in total. The van der Waals surface area contributed by atoms with Crippen LogP contribution in [0.1, 0.15) is 30.9 Å². The normalized spacial score (nSPS) is 11.2. The second-order valence-electron chi connectivity index (χ2n) is 3.72. The lowest BCUT2D eigenvalue weighted by Crippen LogP contribution is -2.18. The minimum absolute atomic E-state index is 0.00551. The maximum Gasteiger partial charge on any atom is 0.433 e. The molecule has 2 rings (SSSR count). The molecule has 0 aliphatic carbocycles. The van der Waals surface area contributed by atoms with Crippen molar-refractivity contribution in [3.8, 4) is 0 Å². The first kappa shape index (κ1) is 16.1. The van der Waals surface area contributed by atoms with Crippen LogP contribution in [0.4, 0.5) is 13.2 Å². The van der Waals surface area contributed by atoms with Gasteiger partial charge in [0.05, 0.1) is 5.39 Å². The summed E-state index contributed by atoms with van der Waals surface area (Å²) in [5.41, 5.74) is 3.14. The number of halogens is 3. The van der Waals surface area contributed by atoms with Gasteiger partial charge in [0.15, 0.2) is 11.3 Å². The number of rotatable bonds is 1. The van der Waals surface area contributed by atoms with E-state index in [0.717, 1.165) is 6.07 Å². The number of nitrogens with two attached hydrogens (primary N) is 1. The monoisotopic (exact) mass is 288 g/mol. The van der Waals surface area contributed by atoms with Gasteiger partial charge in [-0.1, -0.05) is 13.8 Å². The number of nitrogens with one attached hydrogen (secondary N) is 1. The van der Waals surface area contributed by atoms with E-state index < -0.39 is 17.4 Å². The van der Waals surface area contributed by atoms with Crippen molar-refractivity contribution in [2.45, 2.75) is 33.5 Å². The van der Waals surface area contributed by atoms with Crippen molar-refractivity contribution in [2.75, 3.05) is 0 Å². The van der Waals surface area contributed by atoms with E-state index in [9.17, 15) is 18.0 Å². The molecule has 0 radical (unpaired) electrons. The summed E-state index contributed by atoms with van der Waals surface area (Å²) in [6.07, 6.45) is -4.62. The molecule has 0 aliphatic heterocycles. The summed E-state index contributed by atoms with van der Waals surface area (Å²) in [5, 5.41) is -0.00551. The highest BCUT2D eigenvalue weighted by Crippen LogP contribution is 2.31. The summed E-state index contributed by atoms with van der Waals surface area (Å²) in [6, 6.07) is 1.08. The minimum atomic E-state index is -4.62. The van der Waals surface area contributed by atoms with Gasteiger partial charge >= 0.3 is 6.18 Å². The van der Waals surface area contributed by atoms with Gasteiger partial charge in [-0.25, -0.2) is 9.97 Å². The fourth-order valence-corrected chi connectivity index (χ4v) is 1.62. The minimum Gasteiger partial charge on any atom is -0.326 e. The topological polar surface area (TPSA) is 84.7 Å². The summed E-state index contributed by atoms with van der Waals surface area (Å²) >= 11 is 0. The van der Waals surface area contributed by atoms with Crippen LogP contribution in [0, 0.1) is 6.92 Å². The third-order valence-electron chi connectivity index (χ3n) is 2.38. The van der Waals surface area contributed by atoms with Crippen molar-refractivity contribution in [1.29, 1.82) is 0 Å². The maximum atomic E-state index is 12.7. The Morgan fingerprint density at radius 2 is 1.90 bits per heavy atom. The first-order chi connectivity index (χ1) is 9.32. The van der Waals surface area contributed by atoms with Crippen LogP contribution in [0.3, 0.4) is 0 Å². The largest absolute Gasteiger partial charge is 0.433 e. The van der Waals surface area contributed by atoms with Crippen LogP contribution in [0.2, 0.25) is 0 Å². The van der Waals surface area contributed by atoms with E-state index in [1.807, 2.05) is 13.8 Å². The lowest BCUT2D eigenvalue weighted by molar-refractivity contribution is -0.141. The van der Waals surface area contributed by atoms with Gasteiger partial charge in [-0.15, -0.1) is 0 Å². The van der Waals surface area contributed by atoms with Gasteiger partial charge in [0, 0.05) is 6.54 Å². The molecule has 2 heterocycles. The first-order valence-electron chi connectivity index (χ1n) is 6.00. The van der Waals surface area contributed by atoms with Gasteiger partial charge in [0.2, 0.25) is 0 Å². The van der Waals surface area contributed by atoms with Gasteiger partial charge in [0.1, 0.15) is 5.82 Å². The van der Waals surface area contributed by atoms with Crippen molar-refractivity contribution in [1.82, 2.24) is 15.0 Å². The Balaban J connectivity index is 0.000000956. The molecule has 0 aromatic carbocycles. The Bertz CT molecular complexity index is 664. The van der Waals surface area contributed by atoms with Crippen LogP contribution in [0.25, 0.3) is 11.0 Å². The van der Waals surface area contributed by atoms with Crippen molar-refractivity contribution >= 4 is 11.0 Å². The van der Waals surface area contributed by atoms with Crippen molar-refractivity contribution < 1.29 is 13.2 Å². The van der Waals surface area contributed by atoms with Crippen molar-refractivity contribution in [3.63, 3.8) is 0 Å². The highest BCUT2D eigenvalue weighted by Gasteiger charge is 2.35. The summed E-state index contributed by atoms with van der Waals surface area (Å²) in [6.45, 7) is 5.11. The van der Waals surface area contributed by atoms with Crippen molar-refractivity contribution in [3.05, 3.63) is 33.5 Å². The summed E-state index contributed by atoms with van der Waals surface area (Å²) in [4.78, 5) is 21.1.